The summed E-state index contributed by atoms with van der Waals surface area (Å²) in [5.74, 6) is 0.345. The number of anilines is 2. The zero-order valence-corrected chi connectivity index (χ0v) is 18.3. The fourth-order valence-corrected chi connectivity index (χ4v) is 4.32. The predicted molar refractivity (Wildman–Crippen MR) is 126 cm³/mol. The van der Waals surface area contributed by atoms with Crippen molar-refractivity contribution in [2.45, 2.75) is 26.3 Å². The van der Waals surface area contributed by atoms with Gasteiger partial charge in [0, 0.05) is 18.1 Å². The number of imidazole rings is 1. The third kappa shape index (κ3) is 3.33. The van der Waals surface area contributed by atoms with E-state index in [4.69, 9.17) is 11.6 Å². The minimum absolute atomic E-state index is 0.149. The van der Waals surface area contributed by atoms with Crippen molar-refractivity contribution in [3.05, 3.63) is 77.5 Å². The van der Waals surface area contributed by atoms with Crippen molar-refractivity contribution >= 4 is 46.2 Å². The Morgan fingerprint density at radius 1 is 1.25 bits per heavy atom. The van der Waals surface area contributed by atoms with E-state index in [9.17, 15) is 4.39 Å². The van der Waals surface area contributed by atoms with Crippen LogP contribution in [0.1, 0.15) is 26.0 Å². The van der Waals surface area contributed by atoms with Crippen LogP contribution in [0.15, 0.2) is 61.0 Å². The molecule has 0 amide bonds. The molecule has 3 aromatic heterocycles. The summed E-state index contributed by atoms with van der Waals surface area (Å²) in [5, 5.41) is 4.15. The third-order valence-electron chi connectivity index (χ3n) is 5.52. The Morgan fingerprint density at radius 3 is 2.91 bits per heavy atom. The molecule has 1 aromatic carbocycles. The largest absolute Gasteiger partial charge is 0.360 e. The molecule has 4 aromatic rings. The average Bonchev–Trinajstić information content (AvgIpc) is 3.43. The van der Waals surface area contributed by atoms with Crippen molar-refractivity contribution in [2.24, 2.45) is 0 Å². The molecule has 0 radical (unpaired) electrons. The summed E-state index contributed by atoms with van der Waals surface area (Å²) in [7, 11) is 0. The van der Waals surface area contributed by atoms with Crippen molar-refractivity contribution in [1.82, 2.24) is 24.5 Å². The van der Waals surface area contributed by atoms with Crippen LogP contribution in [0.4, 0.5) is 15.9 Å². The number of aromatic nitrogens is 5. The lowest BCUT2D eigenvalue weighted by molar-refractivity contribution is 0.627. The van der Waals surface area contributed by atoms with Gasteiger partial charge in [-0.2, -0.15) is 0 Å². The van der Waals surface area contributed by atoms with Crippen LogP contribution in [0.2, 0.25) is 5.02 Å². The van der Waals surface area contributed by atoms with E-state index in [0.29, 0.717) is 22.2 Å². The van der Waals surface area contributed by atoms with Crippen LogP contribution >= 0.6 is 11.6 Å². The minimum atomic E-state index is -0.305. The van der Waals surface area contributed by atoms with Crippen molar-refractivity contribution in [3.63, 3.8) is 0 Å². The fraction of sp³-hybridized carbons (Fsp3) is 0.174. The molecule has 1 aliphatic heterocycles. The van der Waals surface area contributed by atoms with Crippen LogP contribution in [0.25, 0.3) is 23.1 Å². The number of hydrogen-bond donors (Lipinski definition) is 2. The van der Waals surface area contributed by atoms with Crippen molar-refractivity contribution in [3.8, 4) is 0 Å². The normalized spacial score (nSPS) is 15.7. The number of halogens is 2. The maximum Gasteiger partial charge on any atom is 0.182 e. The van der Waals surface area contributed by atoms with Crippen LogP contribution in [0.5, 0.6) is 0 Å². The van der Waals surface area contributed by atoms with E-state index in [1.165, 1.54) is 18.5 Å². The lowest BCUT2D eigenvalue weighted by Gasteiger charge is -2.38. The Labute approximate surface area is 189 Å². The van der Waals surface area contributed by atoms with E-state index in [2.05, 4.69) is 32.2 Å². The van der Waals surface area contributed by atoms with Gasteiger partial charge in [-0.05, 0) is 37.6 Å². The van der Waals surface area contributed by atoms with Gasteiger partial charge in [0.05, 0.1) is 34.5 Å². The van der Waals surface area contributed by atoms with E-state index in [0.717, 1.165) is 29.0 Å². The molecule has 32 heavy (non-hydrogen) atoms. The summed E-state index contributed by atoms with van der Waals surface area (Å²) in [4.78, 5) is 18.0. The number of H-pyrrole nitrogens is 1. The zero-order valence-electron chi connectivity index (χ0n) is 17.5. The van der Waals surface area contributed by atoms with E-state index in [1.807, 2.05) is 47.0 Å². The SMILES string of the molecule is C/C=C1\c2c(Cl)ccn2C=C(C(CC)Nc2ncnc3nc[nH]c23)N1c1cccc(F)c1. The highest BCUT2D eigenvalue weighted by Gasteiger charge is 2.31. The maximum absolute atomic E-state index is 14.2. The number of nitrogens with zero attached hydrogens (tertiary/aromatic N) is 5. The standard InChI is InChI=1S/C23H21ClFN7/c1-3-17(30-23-20-22(27-12-26-20)28-13-29-23)19-11-31-9-8-16(24)21(31)18(4-2)32(19)15-7-5-6-14(25)10-15/h4-13,17H,3H2,1-2H3,(H2,26,27,28,29,30)/b18-4+. The van der Waals surface area contributed by atoms with Gasteiger partial charge in [-0.25, -0.2) is 19.3 Å². The molecule has 0 spiro atoms. The number of allylic oxidation sites excluding steroid dienone is 1. The molecule has 0 fully saturated rings. The van der Waals surface area contributed by atoms with Gasteiger partial charge in [-0.15, -0.1) is 0 Å². The topological polar surface area (TPSA) is 74.7 Å². The Kier molecular flexibility index (Phi) is 5.14. The van der Waals surface area contributed by atoms with Crippen LogP contribution in [0.3, 0.4) is 0 Å². The molecule has 0 bridgehead atoms. The summed E-state index contributed by atoms with van der Waals surface area (Å²) >= 11 is 6.52. The maximum atomic E-state index is 14.2. The van der Waals surface area contributed by atoms with E-state index >= 15 is 0 Å². The molecule has 1 atom stereocenters. The predicted octanol–water partition coefficient (Wildman–Crippen LogP) is 5.52. The van der Waals surface area contributed by atoms with Gasteiger partial charge in [0.25, 0.3) is 0 Å². The van der Waals surface area contributed by atoms with E-state index < -0.39 is 0 Å². The van der Waals surface area contributed by atoms with Gasteiger partial charge < -0.3 is 19.8 Å². The summed E-state index contributed by atoms with van der Waals surface area (Å²) in [6.07, 6.45) is 9.76. The number of fused-ring (bicyclic) bond motifs is 2. The Morgan fingerprint density at radius 2 is 2.12 bits per heavy atom. The number of hydrogen-bond acceptors (Lipinski definition) is 5. The highest BCUT2D eigenvalue weighted by molar-refractivity contribution is 6.32. The number of benzene rings is 1. The minimum Gasteiger partial charge on any atom is -0.360 e. The van der Waals surface area contributed by atoms with Gasteiger partial charge in [0.1, 0.15) is 17.7 Å². The van der Waals surface area contributed by atoms with Crippen LogP contribution in [-0.4, -0.2) is 30.5 Å². The first-order valence-corrected chi connectivity index (χ1v) is 10.7. The highest BCUT2D eigenvalue weighted by Crippen LogP contribution is 2.40. The second kappa shape index (κ2) is 8.12. The van der Waals surface area contributed by atoms with Crippen LogP contribution in [0, 0.1) is 5.82 Å². The van der Waals surface area contributed by atoms with Gasteiger partial charge in [0.2, 0.25) is 0 Å². The van der Waals surface area contributed by atoms with Crippen LogP contribution < -0.4 is 10.2 Å². The molecule has 9 heteroatoms. The van der Waals surface area contributed by atoms with Gasteiger partial charge in [0.15, 0.2) is 11.5 Å². The second-order valence-corrected chi connectivity index (χ2v) is 7.80. The first-order chi connectivity index (χ1) is 15.6. The quantitative estimate of drug-likeness (QED) is 0.419. The average molecular weight is 450 g/mol. The first kappa shape index (κ1) is 20.3. The molecular formula is C23H21ClFN7. The Hall–Kier alpha value is -3.65. The molecule has 0 saturated heterocycles. The molecule has 0 saturated carbocycles. The lowest BCUT2D eigenvalue weighted by Crippen LogP contribution is -2.36. The molecule has 162 valence electrons. The second-order valence-electron chi connectivity index (χ2n) is 7.39. The molecule has 2 N–H and O–H groups in total. The molecule has 0 aliphatic carbocycles. The van der Waals surface area contributed by atoms with Crippen molar-refractivity contribution in [1.29, 1.82) is 0 Å². The van der Waals surface area contributed by atoms with E-state index in [1.54, 1.807) is 12.4 Å². The fourth-order valence-electron chi connectivity index (χ4n) is 4.07. The smallest absolute Gasteiger partial charge is 0.182 e. The van der Waals surface area contributed by atoms with E-state index in [-0.39, 0.29) is 11.9 Å². The molecule has 7 nitrogen and oxygen atoms in total. The van der Waals surface area contributed by atoms with Crippen molar-refractivity contribution in [2.75, 3.05) is 10.2 Å². The zero-order chi connectivity index (χ0) is 22.2. The molecule has 5 rings (SSSR count). The number of nitrogens with one attached hydrogen (secondary N) is 2. The van der Waals surface area contributed by atoms with Crippen molar-refractivity contribution < 1.29 is 4.39 Å². The third-order valence-corrected chi connectivity index (χ3v) is 5.82. The van der Waals surface area contributed by atoms with Gasteiger partial charge in [-0.3, -0.25) is 0 Å². The molecule has 4 heterocycles. The summed E-state index contributed by atoms with van der Waals surface area (Å²) in [5.41, 5.74) is 4.69. The monoisotopic (exact) mass is 449 g/mol. The van der Waals surface area contributed by atoms with Crippen LogP contribution in [-0.2, 0) is 0 Å². The summed E-state index contributed by atoms with van der Waals surface area (Å²) < 4.78 is 16.2. The summed E-state index contributed by atoms with van der Waals surface area (Å²) in [6, 6.07) is 8.26. The molecular weight excluding hydrogens is 429 g/mol. The molecule has 1 aliphatic rings. The Bertz CT molecular complexity index is 1350. The lowest BCUT2D eigenvalue weighted by atomic mass is 10.0. The highest BCUT2D eigenvalue weighted by atomic mass is 35.5. The summed E-state index contributed by atoms with van der Waals surface area (Å²) in [6.45, 7) is 4.03. The van der Waals surface area contributed by atoms with Gasteiger partial charge in [-0.1, -0.05) is 30.7 Å². The Balaban J connectivity index is 1.65. The molecule has 1 unspecified atom stereocenters. The number of rotatable bonds is 5. The number of aromatic amines is 1. The first-order valence-electron chi connectivity index (χ1n) is 10.3. The van der Waals surface area contributed by atoms with Gasteiger partial charge >= 0.3 is 0 Å².